The number of hydrogen-bond acceptors (Lipinski definition) is 4. The quantitative estimate of drug-likeness (QED) is 0.742. The van der Waals surface area contributed by atoms with Crippen molar-refractivity contribution in [3.05, 3.63) is 24.3 Å². The molecule has 0 spiro atoms. The number of hydrogen-bond donors (Lipinski definition) is 0. The van der Waals surface area contributed by atoms with Crippen LogP contribution in [-0.4, -0.2) is 33.0 Å². The maximum Gasteiger partial charge on any atom is 0.181 e. The summed E-state index contributed by atoms with van der Waals surface area (Å²) in [6.45, 7) is 4.80. The van der Waals surface area contributed by atoms with Gasteiger partial charge in [-0.15, -0.1) is 0 Å². The molecule has 0 saturated carbocycles. The summed E-state index contributed by atoms with van der Waals surface area (Å²) in [7, 11) is -3.25. The van der Waals surface area contributed by atoms with E-state index in [1.54, 1.807) is 31.2 Å². The van der Waals surface area contributed by atoms with Gasteiger partial charge >= 0.3 is 0 Å². The van der Waals surface area contributed by atoms with Gasteiger partial charge in [0.25, 0.3) is 0 Å². The molecule has 1 aromatic carbocycles. The largest absolute Gasteiger partial charge is 0.491 e. The van der Waals surface area contributed by atoms with Gasteiger partial charge in [-0.1, -0.05) is 13.0 Å². The Balaban J connectivity index is 2.15. The van der Waals surface area contributed by atoms with E-state index < -0.39 is 9.84 Å². The highest BCUT2D eigenvalue weighted by Crippen LogP contribution is 2.23. The molecule has 100 valence electrons. The molecule has 5 heteroatoms. The predicted molar refractivity (Wildman–Crippen MR) is 68.6 cm³/mol. The first kappa shape index (κ1) is 13.4. The van der Waals surface area contributed by atoms with Crippen molar-refractivity contribution in [2.45, 2.75) is 36.5 Å². The van der Waals surface area contributed by atoms with E-state index in [0.29, 0.717) is 23.7 Å². The third kappa shape index (κ3) is 3.03. The van der Waals surface area contributed by atoms with Crippen molar-refractivity contribution in [1.82, 2.24) is 0 Å². The van der Waals surface area contributed by atoms with Crippen LogP contribution in [0.2, 0.25) is 0 Å². The maximum absolute atomic E-state index is 12.2. The Kier molecular flexibility index (Phi) is 3.92. The van der Waals surface area contributed by atoms with Crippen LogP contribution in [0, 0.1) is 0 Å². The average Bonchev–Trinajstić information content (AvgIpc) is 3.19. The van der Waals surface area contributed by atoms with Crippen molar-refractivity contribution in [2.24, 2.45) is 0 Å². The van der Waals surface area contributed by atoms with Gasteiger partial charge in [-0.3, -0.25) is 0 Å². The van der Waals surface area contributed by atoms with Crippen LogP contribution in [0.4, 0.5) is 0 Å². The van der Waals surface area contributed by atoms with Gasteiger partial charge in [-0.2, -0.15) is 0 Å². The van der Waals surface area contributed by atoms with Crippen molar-refractivity contribution in [3.8, 4) is 5.75 Å². The molecular weight excluding hydrogens is 252 g/mol. The lowest BCUT2D eigenvalue weighted by Crippen LogP contribution is -2.17. The summed E-state index contributed by atoms with van der Waals surface area (Å²) in [4.78, 5) is 0.325. The SMILES string of the molecule is CCC(C)S(=O)(=O)c1cccc(OC[C@@H]2CO2)c1. The number of ether oxygens (including phenoxy) is 2. The normalized spacial score (nSPS) is 20.4. The molecule has 0 N–H and O–H groups in total. The smallest absolute Gasteiger partial charge is 0.181 e. The Morgan fingerprint density at radius 3 is 2.83 bits per heavy atom. The molecule has 1 fully saturated rings. The van der Waals surface area contributed by atoms with E-state index in [1.807, 2.05) is 6.92 Å². The topological polar surface area (TPSA) is 55.9 Å². The van der Waals surface area contributed by atoms with Crippen LogP contribution in [0.15, 0.2) is 29.2 Å². The summed E-state index contributed by atoms with van der Waals surface area (Å²) in [5.74, 6) is 0.579. The second-order valence-electron chi connectivity index (χ2n) is 4.51. The molecule has 0 amide bonds. The predicted octanol–water partition coefficient (Wildman–Crippen LogP) is 2.04. The number of benzene rings is 1. The standard InChI is InChI=1S/C13H18O4S/c1-3-10(2)18(14,15)13-6-4-5-11(7-13)16-8-12-9-17-12/h4-7,10,12H,3,8-9H2,1-2H3/t10?,12-/m1/s1. The van der Waals surface area contributed by atoms with Crippen molar-refractivity contribution in [3.63, 3.8) is 0 Å². The van der Waals surface area contributed by atoms with Gasteiger partial charge in [0.1, 0.15) is 18.5 Å². The van der Waals surface area contributed by atoms with E-state index in [-0.39, 0.29) is 11.4 Å². The fraction of sp³-hybridized carbons (Fsp3) is 0.538. The molecule has 1 unspecified atom stereocenters. The molecule has 18 heavy (non-hydrogen) atoms. The molecule has 1 aliphatic heterocycles. The van der Waals surface area contributed by atoms with E-state index in [4.69, 9.17) is 9.47 Å². The van der Waals surface area contributed by atoms with E-state index in [9.17, 15) is 8.42 Å². The third-order valence-electron chi connectivity index (χ3n) is 3.08. The van der Waals surface area contributed by atoms with Gasteiger partial charge in [0.05, 0.1) is 16.8 Å². The molecule has 0 aliphatic carbocycles. The number of sulfone groups is 1. The molecule has 0 aromatic heterocycles. The van der Waals surface area contributed by atoms with Crippen LogP contribution in [0.25, 0.3) is 0 Å². The van der Waals surface area contributed by atoms with E-state index in [0.717, 1.165) is 6.61 Å². The minimum atomic E-state index is -3.25. The van der Waals surface area contributed by atoms with Gasteiger partial charge in [0.2, 0.25) is 0 Å². The minimum absolute atomic E-state index is 0.167. The van der Waals surface area contributed by atoms with Gasteiger partial charge < -0.3 is 9.47 Å². The summed E-state index contributed by atoms with van der Waals surface area (Å²) >= 11 is 0. The Morgan fingerprint density at radius 1 is 1.50 bits per heavy atom. The first-order valence-electron chi connectivity index (χ1n) is 6.12. The number of epoxide rings is 1. The first-order chi connectivity index (χ1) is 8.54. The summed E-state index contributed by atoms with van der Waals surface area (Å²) in [6.07, 6.45) is 0.767. The van der Waals surface area contributed by atoms with Crippen molar-refractivity contribution in [2.75, 3.05) is 13.2 Å². The average molecular weight is 270 g/mol. The fourth-order valence-electron chi connectivity index (χ4n) is 1.55. The Morgan fingerprint density at radius 2 is 2.22 bits per heavy atom. The van der Waals surface area contributed by atoms with Gasteiger partial charge in [-0.25, -0.2) is 8.42 Å². The summed E-state index contributed by atoms with van der Waals surface area (Å²) in [6, 6.07) is 6.67. The molecular formula is C13H18O4S. The third-order valence-corrected chi connectivity index (χ3v) is 5.38. The highest BCUT2D eigenvalue weighted by molar-refractivity contribution is 7.92. The van der Waals surface area contributed by atoms with Crippen molar-refractivity contribution < 1.29 is 17.9 Å². The summed E-state index contributed by atoms with van der Waals surface area (Å²) < 4.78 is 34.9. The molecule has 0 bridgehead atoms. The van der Waals surface area contributed by atoms with Crippen LogP contribution >= 0.6 is 0 Å². The first-order valence-corrected chi connectivity index (χ1v) is 7.67. The van der Waals surface area contributed by atoms with Gasteiger partial charge in [-0.05, 0) is 31.5 Å². The van der Waals surface area contributed by atoms with Crippen LogP contribution in [0.3, 0.4) is 0 Å². The lowest BCUT2D eigenvalue weighted by molar-refractivity contribution is 0.262. The van der Waals surface area contributed by atoms with Crippen molar-refractivity contribution >= 4 is 9.84 Å². The fourth-order valence-corrected chi connectivity index (χ4v) is 3.00. The molecule has 1 aromatic rings. The Hall–Kier alpha value is -1.07. The second-order valence-corrected chi connectivity index (χ2v) is 6.87. The zero-order valence-corrected chi connectivity index (χ0v) is 11.4. The van der Waals surface area contributed by atoms with Crippen LogP contribution in [0.1, 0.15) is 20.3 Å². The summed E-state index contributed by atoms with van der Waals surface area (Å²) in [5.41, 5.74) is 0. The highest BCUT2D eigenvalue weighted by Gasteiger charge is 2.24. The maximum atomic E-state index is 12.2. The second kappa shape index (κ2) is 5.28. The zero-order valence-electron chi connectivity index (χ0n) is 10.6. The Bertz CT molecular complexity index is 505. The Labute approximate surface area is 108 Å². The molecule has 2 rings (SSSR count). The minimum Gasteiger partial charge on any atom is -0.491 e. The summed E-state index contributed by atoms with van der Waals surface area (Å²) in [5, 5.41) is -0.375. The molecule has 0 radical (unpaired) electrons. The van der Waals surface area contributed by atoms with Crippen LogP contribution in [-0.2, 0) is 14.6 Å². The molecule has 1 aliphatic rings. The van der Waals surface area contributed by atoms with Crippen molar-refractivity contribution in [1.29, 1.82) is 0 Å². The van der Waals surface area contributed by atoms with E-state index >= 15 is 0 Å². The van der Waals surface area contributed by atoms with E-state index in [1.165, 1.54) is 0 Å². The number of rotatable bonds is 6. The molecule has 1 saturated heterocycles. The molecule has 1 heterocycles. The van der Waals surface area contributed by atoms with E-state index in [2.05, 4.69) is 0 Å². The molecule has 2 atom stereocenters. The highest BCUT2D eigenvalue weighted by atomic mass is 32.2. The lowest BCUT2D eigenvalue weighted by Gasteiger charge is -2.12. The zero-order chi connectivity index (χ0) is 13.2. The molecule has 4 nitrogen and oxygen atoms in total. The van der Waals surface area contributed by atoms with Crippen LogP contribution in [0.5, 0.6) is 5.75 Å². The monoisotopic (exact) mass is 270 g/mol. The van der Waals surface area contributed by atoms with Gasteiger partial charge in [0.15, 0.2) is 9.84 Å². The van der Waals surface area contributed by atoms with Crippen LogP contribution < -0.4 is 4.74 Å². The van der Waals surface area contributed by atoms with Gasteiger partial charge in [0, 0.05) is 0 Å². The lowest BCUT2D eigenvalue weighted by atomic mass is 10.3.